The van der Waals surface area contributed by atoms with Crippen LogP contribution in [0.3, 0.4) is 0 Å². The lowest BCUT2D eigenvalue weighted by molar-refractivity contribution is -0.0462. The third-order valence-corrected chi connectivity index (χ3v) is 3.41. The number of hydrogen-bond donors (Lipinski definition) is 5. The van der Waals surface area contributed by atoms with E-state index >= 15 is 0 Å². The summed E-state index contributed by atoms with van der Waals surface area (Å²) in [6.07, 6.45) is -3.35. The molecule has 0 saturated carbocycles. The van der Waals surface area contributed by atoms with Crippen LogP contribution in [-0.4, -0.2) is 49.3 Å². The molecule has 5 N–H and O–H groups in total. The van der Waals surface area contributed by atoms with Gasteiger partial charge in [-0.05, 0) is 0 Å². The highest BCUT2D eigenvalue weighted by Gasteiger charge is 2.60. The molecule has 3 atom stereocenters. The molecule has 1 rings (SSSR count). The van der Waals surface area contributed by atoms with Crippen LogP contribution in [0.1, 0.15) is 0 Å². The standard InChI is InChI=1S/C5H10O7P/c6-2-5(13(9,10)11)4(8)3(7)1-12-5/h1,3-4,6-8H,2H2,(H2,9,10,11)/t3-,4-,5-/m0/s1. The summed E-state index contributed by atoms with van der Waals surface area (Å²) in [7, 11) is -4.85. The highest BCUT2D eigenvalue weighted by Crippen LogP contribution is 2.56. The topological polar surface area (TPSA) is 127 Å². The van der Waals surface area contributed by atoms with Crippen LogP contribution in [0.15, 0.2) is 0 Å². The third kappa shape index (κ3) is 1.53. The molecule has 1 saturated heterocycles. The van der Waals surface area contributed by atoms with Crippen molar-refractivity contribution in [3.63, 3.8) is 0 Å². The smallest absolute Gasteiger partial charge is 0.362 e. The van der Waals surface area contributed by atoms with E-state index in [2.05, 4.69) is 4.74 Å². The first kappa shape index (κ1) is 11.1. The first-order valence-corrected chi connectivity index (χ1v) is 5.00. The van der Waals surface area contributed by atoms with E-state index in [9.17, 15) is 9.67 Å². The summed E-state index contributed by atoms with van der Waals surface area (Å²) in [5, 5.41) is 24.4. The van der Waals surface area contributed by atoms with Crippen LogP contribution >= 0.6 is 7.60 Å². The first-order chi connectivity index (χ1) is 5.85. The van der Waals surface area contributed by atoms with Crippen LogP contribution in [0.25, 0.3) is 0 Å². The van der Waals surface area contributed by atoms with Crippen LogP contribution in [0, 0.1) is 6.61 Å². The predicted molar refractivity (Wildman–Crippen MR) is 39.3 cm³/mol. The van der Waals surface area contributed by atoms with E-state index in [-0.39, 0.29) is 0 Å². The maximum Gasteiger partial charge on any atom is 0.362 e. The van der Waals surface area contributed by atoms with Gasteiger partial charge in [0.2, 0.25) is 5.34 Å². The van der Waals surface area contributed by atoms with Gasteiger partial charge in [0.25, 0.3) is 0 Å². The molecule has 8 heteroatoms. The molecule has 13 heavy (non-hydrogen) atoms. The number of aliphatic hydroxyl groups is 3. The second-order valence-corrected chi connectivity index (χ2v) is 4.58. The largest absolute Gasteiger partial charge is 0.393 e. The van der Waals surface area contributed by atoms with Gasteiger partial charge < -0.3 is 29.8 Å². The van der Waals surface area contributed by atoms with E-state index in [4.69, 9.17) is 20.0 Å². The Hall–Kier alpha value is -0.0100. The van der Waals surface area contributed by atoms with Crippen molar-refractivity contribution >= 4 is 7.60 Å². The second kappa shape index (κ2) is 3.29. The Balaban J connectivity index is 3.02. The zero-order valence-electron chi connectivity index (χ0n) is 6.44. The van der Waals surface area contributed by atoms with Crippen molar-refractivity contribution < 1.29 is 34.4 Å². The Morgan fingerprint density at radius 2 is 2.00 bits per heavy atom. The lowest BCUT2D eigenvalue weighted by atomic mass is 10.1. The van der Waals surface area contributed by atoms with Gasteiger partial charge in [-0.15, -0.1) is 0 Å². The van der Waals surface area contributed by atoms with Gasteiger partial charge in [0.1, 0.15) is 18.8 Å². The molecular formula is C5H10O7P. The van der Waals surface area contributed by atoms with E-state index in [0.29, 0.717) is 6.61 Å². The molecule has 0 aromatic carbocycles. The minimum Gasteiger partial charge on any atom is -0.393 e. The van der Waals surface area contributed by atoms with Crippen LogP contribution in [0.4, 0.5) is 0 Å². The molecule has 0 bridgehead atoms. The van der Waals surface area contributed by atoms with Crippen molar-refractivity contribution in [2.75, 3.05) is 6.61 Å². The molecule has 0 aliphatic carbocycles. The second-order valence-electron chi connectivity index (χ2n) is 2.74. The van der Waals surface area contributed by atoms with Crippen LogP contribution in [0.5, 0.6) is 0 Å². The quantitative estimate of drug-likeness (QED) is 0.328. The molecule has 1 aliphatic rings. The average molecular weight is 213 g/mol. The Morgan fingerprint density at radius 1 is 1.46 bits per heavy atom. The van der Waals surface area contributed by atoms with Gasteiger partial charge in [-0.1, -0.05) is 0 Å². The first-order valence-electron chi connectivity index (χ1n) is 3.39. The average Bonchev–Trinajstić information content (AvgIpc) is 2.29. The Bertz CT molecular complexity index is 237. The van der Waals surface area contributed by atoms with Crippen molar-refractivity contribution in [2.24, 2.45) is 0 Å². The van der Waals surface area contributed by atoms with Gasteiger partial charge in [0.05, 0.1) is 6.61 Å². The SMILES string of the molecule is O=P(O)(O)[C@]1(CO)O[CH][C@H](O)[C@@H]1O. The minimum absolute atomic E-state index is 0.681. The molecule has 0 unspecified atom stereocenters. The summed E-state index contributed by atoms with van der Waals surface area (Å²) in [5.74, 6) is 0. The number of hydrogen-bond acceptors (Lipinski definition) is 5. The maximum atomic E-state index is 10.9. The van der Waals surface area contributed by atoms with Crippen molar-refractivity contribution in [3.05, 3.63) is 6.61 Å². The van der Waals surface area contributed by atoms with Crippen LogP contribution in [-0.2, 0) is 9.30 Å². The summed E-state index contributed by atoms with van der Waals surface area (Å²) in [5.41, 5.74) is 0. The number of rotatable bonds is 2. The van der Waals surface area contributed by atoms with E-state index in [1.165, 1.54) is 0 Å². The summed E-state index contributed by atoms with van der Waals surface area (Å²) >= 11 is 0. The highest BCUT2D eigenvalue weighted by molar-refractivity contribution is 7.53. The maximum absolute atomic E-state index is 10.9. The Morgan fingerprint density at radius 3 is 2.15 bits per heavy atom. The Labute approximate surface area is 73.7 Å². The fourth-order valence-corrected chi connectivity index (χ4v) is 1.94. The zero-order chi connectivity index (χ0) is 10.3. The van der Waals surface area contributed by atoms with E-state index < -0.39 is 31.8 Å². The van der Waals surface area contributed by atoms with Crippen molar-refractivity contribution in [1.29, 1.82) is 0 Å². The van der Waals surface area contributed by atoms with Gasteiger partial charge >= 0.3 is 7.60 Å². The van der Waals surface area contributed by atoms with Crippen LogP contribution in [0.2, 0.25) is 0 Å². The predicted octanol–water partition coefficient (Wildman–Crippen LogP) is -2.23. The van der Waals surface area contributed by atoms with Crippen molar-refractivity contribution in [1.82, 2.24) is 0 Å². The van der Waals surface area contributed by atoms with Gasteiger partial charge in [0.15, 0.2) is 0 Å². The monoisotopic (exact) mass is 213 g/mol. The molecule has 0 spiro atoms. The lowest BCUT2D eigenvalue weighted by Gasteiger charge is -2.29. The minimum atomic E-state index is -4.85. The molecule has 0 aromatic heterocycles. The molecule has 77 valence electrons. The highest BCUT2D eigenvalue weighted by atomic mass is 31.2. The Kier molecular flexibility index (Phi) is 2.80. The summed E-state index contributed by atoms with van der Waals surface area (Å²) < 4.78 is 15.3. The molecule has 0 amide bonds. The van der Waals surface area contributed by atoms with Gasteiger partial charge in [-0.3, -0.25) is 4.57 Å². The van der Waals surface area contributed by atoms with Crippen molar-refractivity contribution in [2.45, 2.75) is 17.6 Å². The molecule has 7 nitrogen and oxygen atoms in total. The lowest BCUT2D eigenvalue weighted by Crippen LogP contribution is -2.45. The molecule has 0 aromatic rings. The van der Waals surface area contributed by atoms with Gasteiger partial charge in [0, 0.05) is 0 Å². The molecule has 1 aliphatic heterocycles. The van der Waals surface area contributed by atoms with E-state index in [1.54, 1.807) is 0 Å². The fraction of sp³-hybridized carbons (Fsp3) is 0.800. The number of ether oxygens (including phenoxy) is 1. The van der Waals surface area contributed by atoms with Gasteiger partial charge in [-0.25, -0.2) is 0 Å². The zero-order valence-corrected chi connectivity index (χ0v) is 7.33. The fourth-order valence-electron chi connectivity index (χ4n) is 1.06. The molecular weight excluding hydrogens is 203 g/mol. The van der Waals surface area contributed by atoms with E-state index in [0.717, 1.165) is 0 Å². The summed E-state index contributed by atoms with van der Waals surface area (Å²) in [6, 6.07) is 0. The van der Waals surface area contributed by atoms with Gasteiger partial charge in [-0.2, -0.15) is 0 Å². The molecule has 1 heterocycles. The van der Waals surface area contributed by atoms with E-state index in [1.807, 2.05) is 0 Å². The van der Waals surface area contributed by atoms with Crippen molar-refractivity contribution in [3.8, 4) is 0 Å². The third-order valence-electron chi connectivity index (χ3n) is 1.92. The number of aliphatic hydroxyl groups excluding tert-OH is 3. The normalized spacial score (nSPS) is 41.0. The summed E-state index contributed by atoms with van der Waals surface area (Å²) in [6.45, 7) is -0.397. The van der Waals surface area contributed by atoms with Crippen LogP contribution < -0.4 is 0 Å². The summed E-state index contributed by atoms with van der Waals surface area (Å²) in [4.78, 5) is 17.6. The molecule has 1 fully saturated rings. The molecule has 1 radical (unpaired) electrons.